The number of ether oxygens (including phenoxy) is 5. The Morgan fingerprint density at radius 2 is 1.98 bits per heavy atom. The maximum atomic E-state index is 13.5. The van der Waals surface area contributed by atoms with Gasteiger partial charge in [-0.1, -0.05) is 56.2 Å². The van der Waals surface area contributed by atoms with Gasteiger partial charge in [0, 0.05) is 25.9 Å². The Morgan fingerprint density at radius 1 is 1.25 bits per heavy atom. The van der Waals surface area contributed by atoms with Crippen molar-refractivity contribution in [3.63, 3.8) is 0 Å². The van der Waals surface area contributed by atoms with Gasteiger partial charge in [-0.3, -0.25) is 14.9 Å². The molecular formula is C32H43ClN2O9. The first-order valence-corrected chi connectivity index (χ1v) is 15.2. The summed E-state index contributed by atoms with van der Waals surface area (Å²) >= 11 is 6.58. The van der Waals surface area contributed by atoms with Gasteiger partial charge in [0.2, 0.25) is 5.91 Å². The number of carbonyl (C=O) groups excluding carboxylic acids is 3. The lowest BCUT2D eigenvalue weighted by atomic mass is 9.83. The third-order valence-corrected chi connectivity index (χ3v) is 8.76. The molecule has 3 aliphatic rings. The topological polar surface area (TPSA) is 145 Å². The SMILES string of the molecule is COc1cc2cc(c1Cl)NC(=O)CC(OC(=O)CC(C)C)C1(C)OC1C(C)C1CC(O)(NC(=O)O1)C(OC)/C=C/C=C(/C)C2. The highest BCUT2D eigenvalue weighted by Gasteiger charge is 2.64. The van der Waals surface area contributed by atoms with Crippen molar-refractivity contribution in [2.75, 3.05) is 19.5 Å². The molecule has 1 aromatic carbocycles. The fraction of sp³-hybridized carbons (Fsp3) is 0.594. The maximum Gasteiger partial charge on any atom is 0.409 e. The van der Waals surface area contributed by atoms with Gasteiger partial charge in [0.25, 0.3) is 0 Å². The van der Waals surface area contributed by atoms with E-state index in [0.717, 1.165) is 11.1 Å². The highest BCUT2D eigenvalue weighted by molar-refractivity contribution is 6.35. The number of methoxy groups -OCH3 is 2. The van der Waals surface area contributed by atoms with Gasteiger partial charge < -0.3 is 34.1 Å². The first-order valence-electron chi connectivity index (χ1n) is 14.8. The summed E-state index contributed by atoms with van der Waals surface area (Å²) in [6, 6.07) is 3.57. The molecule has 0 aromatic heterocycles. The number of carbonyl (C=O) groups is 3. The van der Waals surface area contributed by atoms with Crippen molar-refractivity contribution in [1.29, 1.82) is 0 Å². The third kappa shape index (κ3) is 7.56. The van der Waals surface area contributed by atoms with Gasteiger partial charge in [-0.2, -0.15) is 0 Å². The van der Waals surface area contributed by atoms with E-state index in [2.05, 4.69) is 10.6 Å². The number of hydrogen-bond donors (Lipinski definition) is 3. The van der Waals surface area contributed by atoms with E-state index < -0.39 is 59.6 Å². The number of hydrogen-bond acceptors (Lipinski definition) is 9. The van der Waals surface area contributed by atoms with E-state index in [1.807, 2.05) is 33.8 Å². The zero-order valence-electron chi connectivity index (χ0n) is 26.3. The molecule has 3 aliphatic heterocycles. The molecule has 4 rings (SSSR count). The number of halogens is 1. The van der Waals surface area contributed by atoms with Gasteiger partial charge in [0.05, 0.1) is 25.3 Å². The second-order valence-electron chi connectivity index (χ2n) is 12.5. The van der Waals surface area contributed by atoms with Crippen LogP contribution in [-0.2, 0) is 35.0 Å². The quantitative estimate of drug-likeness (QED) is 0.310. The molecule has 7 unspecified atom stereocenters. The molecule has 3 heterocycles. The molecule has 44 heavy (non-hydrogen) atoms. The smallest absolute Gasteiger partial charge is 0.409 e. The normalized spacial score (nSPS) is 34.4. The minimum absolute atomic E-state index is 0.00378. The van der Waals surface area contributed by atoms with Crippen LogP contribution in [-0.4, -0.2) is 73.0 Å². The lowest BCUT2D eigenvalue weighted by Crippen LogP contribution is -2.63. The van der Waals surface area contributed by atoms with E-state index in [9.17, 15) is 19.5 Å². The lowest BCUT2D eigenvalue weighted by Gasteiger charge is -2.42. The summed E-state index contributed by atoms with van der Waals surface area (Å²) in [6.07, 6.45) is 1.78. The van der Waals surface area contributed by atoms with Crippen LogP contribution >= 0.6 is 11.6 Å². The number of epoxide rings is 1. The molecule has 3 N–H and O–H groups in total. The molecular weight excluding hydrogens is 592 g/mol. The largest absolute Gasteiger partial charge is 0.495 e. The van der Waals surface area contributed by atoms with E-state index in [4.69, 9.17) is 35.3 Å². The number of allylic oxidation sites excluding steroid dienone is 3. The number of anilines is 1. The summed E-state index contributed by atoms with van der Waals surface area (Å²) in [5.41, 5.74) is -0.689. The van der Waals surface area contributed by atoms with E-state index in [1.54, 1.807) is 31.2 Å². The zero-order valence-corrected chi connectivity index (χ0v) is 27.0. The summed E-state index contributed by atoms with van der Waals surface area (Å²) in [5, 5.41) is 17.2. The molecule has 11 nitrogen and oxygen atoms in total. The lowest BCUT2D eigenvalue weighted by molar-refractivity contribution is -0.154. The summed E-state index contributed by atoms with van der Waals surface area (Å²) in [7, 11) is 2.94. The average Bonchev–Trinajstić information content (AvgIpc) is 3.62. The molecule has 12 heteroatoms. The number of fused-ring (bicyclic) bond motifs is 5. The molecule has 2 amide bonds. The standard InChI is InChI=1S/C32H43ClN2O9/c1-17(2)11-27(37)43-25-15-26(36)34-21-13-20(14-22(40-6)28(21)33)12-18(3)9-8-10-24(41-7)32(39)16-23(42-30(38)35-32)19(4)29-31(25,5)44-29/h8-10,13-14,17,19,23-25,29,39H,11-12,15-16H2,1-7H3,(H,34,36)(H,35,38)/b10-8+,18-9-. The molecule has 2 fully saturated rings. The van der Waals surface area contributed by atoms with Crippen molar-refractivity contribution in [2.45, 2.75) is 96.0 Å². The Kier molecular flexibility index (Phi) is 10.3. The van der Waals surface area contributed by atoms with Crippen molar-refractivity contribution in [2.24, 2.45) is 11.8 Å². The van der Waals surface area contributed by atoms with Crippen LogP contribution in [0.2, 0.25) is 5.02 Å². The fourth-order valence-corrected chi connectivity index (χ4v) is 6.18. The number of amides is 2. The summed E-state index contributed by atoms with van der Waals surface area (Å²) < 4.78 is 28.7. The number of benzene rings is 1. The zero-order chi connectivity index (χ0) is 32.4. The van der Waals surface area contributed by atoms with Gasteiger partial charge in [-0.15, -0.1) is 0 Å². The van der Waals surface area contributed by atoms with Crippen molar-refractivity contribution >= 4 is 35.3 Å². The van der Waals surface area contributed by atoms with Crippen LogP contribution in [0.25, 0.3) is 0 Å². The van der Waals surface area contributed by atoms with E-state index in [1.165, 1.54) is 14.2 Å². The number of aliphatic hydroxyl groups is 1. The predicted molar refractivity (Wildman–Crippen MR) is 163 cm³/mol. The fourth-order valence-electron chi connectivity index (χ4n) is 5.95. The van der Waals surface area contributed by atoms with Crippen LogP contribution in [0.15, 0.2) is 35.9 Å². The molecule has 242 valence electrons. The Balaban J connectivity index is 1.75. The van der Waals surface area contributed by atoms with Crippen LogP contribution in [0.4, 0.5) is 10.5 Å². The van der Waals surface area contributed by atoms with E-state index >= 15 is 0 Å². The van der Waals surface area contributed by atoms with Crippen molar-refractivity contribution < 1.29 is 43.2 Å². The number of nitrogens with one attached hydrogen (secondary N) is 2. The number of alkyl carbamates (subject to hydrolysis) is 1. The van der Waals surface area contributed by atoms with Gasteiger partial charge in [0.15, 0.2) is 5.72 Å². The molecule has 7 atom stereocenters. The van der Waals surface area contributed by atoms with Gasteiger partial charge in [0.1, 0.15) is 34.7 Å². The number of rotatable bonds is 5. The Hall–Kier alpha value is -3.12. The Morgan fingerprint density at radius 3 is 2.64 bits per heavy atom. The van der Waals surface area contributed by atoms with Crippen LogP contribution in [0.3, 0.4) is 0 Å². The second kappa shape index (κ2) is 13.5. The highest BCUT2D eigenvalue weighted by atomic mass is 35.5. The molecule has 2 saturated heterocycles. The van der Waals surface area contributed by atoms with Gasteiger partial charge in [-0.05, 0) is 43.9 Å². The molecule has 0 spiro atoms. The van der Waals surface area contributed by atoms with Crippen molar-refractivity contribution in [1.82, 2.24) is 5.32 Å². The number of esters is 1. The average molecular weight is 635 g/mol. The summed E-state index contributed by atoms with van der Waals surface area (Å²) in [5.74, 6) is -0.892. The Labute approximate surface area is 263 Å². The molecule has 0 radical (unpaired) electrons. The molecule has 4 bridgehead atoms. The highest BCUT2D eigenvalue weighted by Crippen LogP contribution is 2.49. The third-order valence-electron chi connectivity index (χ3n) is 8.37. The summed E-state index contributed by atoms with van der Waals surface area (Å²) in [6.45, 7) is 9.32. The summed E-state index contributed by atoms with van der Waals surface area (Å²) in [4.78, 5) is 39.0. The van der Waals surface area contributed by atoms with Crippen LogP contribution in [0, 0.1) is 11.8 Å². The van der Waals surface area contributed by atoms with Crippen LogP contribution in [0.5, 0.6) is 5.75 Å². The predicted octanol–water partition coefficient (Wildman–Crippen LogP) is 4.69. The molecule has 1 aromatic rings. The minimum Gasteiger partial charge on any atom is -0.495 e. The van der Waals surface area contributed by atoms with E-state index in [0.29, 0.717) is 17.9 Å². The monoisotopic (exact) mass is 634 g/mol. The van der Waals surface area contributed by atoms with Crippen LogP contribution < -0.4 is 15.4 Å². The second-order valence-corrected chi connectivity index (χ2v) is 12.9. The first-order chi connectivity index (χ1) is 20.7. The van der Waals surface area contributed by atoms with Crippen LogP contribution in [0.1, 0.15) is 59.4 Å². The maximum absolute atomic E-state index is 13.5. The van der Waals surface area contributed by atoms with Gasteiger partial charge in [-0.25, -0.2) is 4.79 Å². The molecule has 0 saturated carbocycles. The van der Waals surface area contributed by atoms with E-state index in [-0.39, 0.29) is 30.2 Å². The molecule has 0 aliphatic carbocycles. The first kappa shape index (κ1) is 33.8. The van der Waals surface area contributed by atoms with Crippen molar-refractivity contribution in [3.05, 3.63) is 46.5 Å². The Bertz CT molecular complexity index is 1330. The van der Waals surface area contributed by atoms with Crippen molar-refractivity contribution in [3.8, 4) is 5.75 Å². The minimum atomic E-state index is -1.77. The van der Waals surface area contributed by atoms with Gasteiger partial charge >= 0.3 is 12.1 Å².